The Kier molecular flexibility index (Phi) is 4.75. The number of aryl methyl sites for hydroxylation is 1. The van der Waals surface area contributed by atoms with E-state index in [2.05, 4.69) is 45.1 Å². The largest absolute Gasteiger partial charge is 0.353 e. The van der Waals surface area contributed by atoms with E-state index in [1.54, 1.807) is 18.4 Å². The first kappa shape index (κ1) is 13.1. The minimum absolute atomic E-state index is 0.484. The standard InChI is InChI=1S/C13H20N4S/c1-3-12-16-11(9-18-12)8-15-13(14-2)17-10-6-4-5-7-10/h4-5,9-10H,3,6-8H2,1-2H3,(H2,14,15,17). The van der Waals surface area contributed by atoms with E-state index in [4.69, 9.17) is 0 Å². The Morgan fingerprint density at radius 2 is 2.28 bits per heavy atom. The fourth-order valence-electron chi connectivity index (χ4n) is 1.89. The van der Waals surface area contributed by atoms with E-state index in [1.807, 2.05) is 0 Å². The zero-order chi connectivity index (χ0) is 12.8. The van der Waals surface area contributed by atoms with E-state index < -0.39 is 0 Å². The SMILES string of the molecule is CCc1nc(CNC(=NC)NC2CC=CC2)cs1. The van der Waals surface area contributed by atoms with Gasteiger partial charge in [-0.1, -0.05) is 19.1 Å². The molecular weight excluding hydrogens is 244 g/mol. The maximum atomic E-state index is 4.53. The number of nitrogens with one attached hydrogen (secondary N) is 2. The van der Waals surface area contributed by atoms with Crippen LogP contribution in [0.2, 0.25) is 0 Å². The van der Waals surface area contributed by atoms with Crippen LogP contribution in [0.3, 0.4) is 0 Å². The summed E-state index contributed by atoms with van der Waals surface area (Å²) in [5.41, 5.74) is 1.09. The molecule has 0 spiro atoms. The summed E-state index contributed by atoms with van der Waals surface area (Å²) in [7, 11) is 1.80. The lowest BCUT2D eigenvalue weighted by atomic mass is 10.2. The monoisotopic (exact) mass is 264 g/mol. The predicted molar refractivity (Wildman–Crippen MR) is 77.0 cm³/mol. The first-order valence-corrected chi connectivity index (χ1v) is 7.25. The van der Waals surface area contributed by atoms with E-state index in [-0.39, 0.29) is 0 Å². The van der Waals surface area contributed by atoms with Gasteiger partial charge in [0.15, 0.2) is 5.96 Å². The molecule has 4 nitrogen and oxygen atoms in total. The molecule has 0 saturated carbocycles. The zero-order valence-corrected chi connectivity index (χ0v) is 11.8. The van der Waals surface area contributed by atoms with Crippen molar-refractivity contribution in [2.45, 2.75) is 38.8 Å². The summed E-state index contributed by atoms with van der Waals surface area (Å²) in [5.74, 6) is 0.856. The Hall–Kier alpha value is -1.36. The molecule has 0 bridgehead atoms. The summed E-state index contributed by atoms with van der Waals surface area (Å²) in [5, 5.41) is 10.0. The van der Waals surface area contributed by atoms with Crippen molar-refractivity contribution < 1.29 is 0 Å². The smallest absolute Gasteiger partial charge is 0.191 e. The second-order valence-electron chi connectivity index (χ2n) is 4.30. The minimum atomic E-state index is 0.484. The number of aromatic nitrogens is 1. The molecule has 1 aliphatic carbocycles. The third kappa shape index (κ3) is 3.57. The van der Waals surface area contributed by atoms with Crippen molar-refractivity contribution in [2.24, 2.45) is 4.99 Å². The fraction of sp³-hybridized carbons (Fsp3) is 0.538. The van der Waals surface area contributed by atoms with Crippen molar-refractivity contribution in [2.75, 3.05) is 7.05 Å². The summed E-state index contributed by atoms with van der Waals surface area (Å²) >= 11 is 1.72. The second kappa shape index (κ2) is 6.54. The van der Waals surface area contributed by atoms with Crippen LogP contribution in [-0.2, 0) is 13.0 Å². The lowest BCUT2D eigenvalue weighted by molar-refractivity contribution is 0.632. The van der Waals surface area contributed by atoms with Crippen molar-refractivity contribution in [3.8, 4) is 0 Å². The van der Waals surface area contributed by atoms with E-state index in [0.717, 1.165) is 37.5 Å². The molecule has 0 unspecified atom stereocenters. The van der Waals surface area contributed by atoms with Gasteiger partial charge in [0.1, 0.15) is 0 Å². The molecule has 1 aromatic rings. The van der Waals surface area contributed by atoms with Crippen LogP contribution in [0.25, 0.3) is 0 Å². The number of hydrogen-bond acceptors (Lipinski definition) is 3. The molecule has 5 heteroatoms. The summed E-state index contributed by atoms with van der Waals surface area (Å²) in [6.45, 7) is 2.86. The molecule has 0 saturated heterocycles. The molecule has 1 aromatic heterocycles. The Morgan fingerprint density at radius 3 is 2.89 bits per heavy atom. The average molecular weight is 264 g/mol. The van der Waals surface area contributed by atoms with Crippen LogP contribution in [-0.4, -0.2) is 24.0 Å². The minimum Gasteiger partial charge on any atom is -0.353 e. The first-order valence-electron chi connectivity index (χ1n) is 6.37. The lowest BCUT2D eigenvalue weighted by Crippen LogP contribution is -2.42. The lowest BCUT2D eigenvalue weighted by Gasteiger charge is -2.16. The van der Waals surface area contributed by atoms with Gasteiger partial charge in [0.05, 0.1) is 17.2 Å². The molecule has 0 aliphatic heterocycles. The molecule has 0 aromatic carbocycles. The van der Waals surface area contributed by atoms with Gasteiger partial charge < -0.3 is 10.6 Å². The van der Waals surface area contributed by atoms with E-state index in [0.29, 0.717) is 6.04 Å². The number of aliphatic imine (C=N–C) groups is 1. The number of rotatable bonds is 4. The highest BCUT2D eigenvalue weighted by Gasteiger charge is 2.11. The summed E-state index contributed by atoms with van der Waals surface area (Å²) in [6.07, 6.45) is 7.58. The van der Waals surface area contributed by atoms with Gasteiger partial charge in [0.25, 0.3) is 0 Å². The zero-order valence-electron chi connectivity index (χ0n) is 10.9. The van der Waals surface area contributed by atoms with Gasteiger partial charge in [0, 0.05) is 18.5 Å². The normalized spacial score (nSPS) is 16.2. The van der Waals surface area contributed by atoms with Crippen molar-refractivity contribution in [1.82, 2.24) is 15.6 Å². The van der Waals surface area contributed by atoms with Crippen LogP contribution in [0.4, 0.5) is 0 Å². The summed E-state index contributed by atoms with van der Waals surface area (Å²) in [6, 6.07) is 0.484. The Morgan fingerprint density at radius 1 is 1.50 bits per heavy atom. The maximum absolute atomic E-state index is 4.53. The molecule has 2 N–H and O–H groups in total. The highest BCUT2D eigenvalue weighted by Crippen LogP contribution is 2.10. The number of thiazole rings is 1. The number of nitrogens with zero attached hydrogens (tertiary/aromatic N) is 2. The van der Waals surface area contributed by atoms with Crippen LogP contribution < -0.4 is 10.6 Å². The van der Waals surface area contributed by atoms with Crippen molar-refractivity contribution in [1.29, 1.82) is 0 Å². The first-order chi connectivity index (χ1) is 8.81. The maximum Gasteiger partial charge on any atom is 0.191 e. The molecule has 0 amide bonds. The topological polar surface area (TPSA) is 49.3 Å². The molecule has 2 rings (SSSR count). The van der Waals surface area contributed by atoms with Gasteiger partial charge in [-0.15, -0.1) is 11.3 Å². The second-order valence-corrected chi connectivity index (χ2v) is 5.24. The van der Waals surface area contributed by atoms with Gasteiger partial charge >= 0.3 is 0 Å². The number of hydrogen-bond donors (Lipinski definition) is 2. The molecule has 18 heavy (non-hydrogen) atoms. The Balaban J connectivity index is 1.79. The van der Waals surface area contributed by atoms with Gasteiger partial charge in [-0.2, -0.15) is 0 Å². The van der Waals surface area contributed by atoms with Crippen LogP contribution in [0.5, 0.6) is 0 Å². The van der Waals surface area contributed by atoms with Gasteiger partial charge in [-0.05, 0) is 19.3 Å². The summed E-state index contributed by atoms with van der Waals surface area (Å²) in [4.78, 5) is 8.76. The highest BCUT2D eigenvalue weighted by atomic mass is 32.1. The Labute approximate surface area is 112 Å². The number of guanidine groups is 1. The van der Waals surface area contributed by atoms with Gasteiger partial charge in [0.2, 0.25) is 0 Å². The van der Waals surface area contributed by atoms with Crippen molar-refractivity contribution >= 4 is 17.3 Å². The van der Waals surface area contributed by atoms with E-state index in [9.17, 15) is 0 Å². The highest BCUT2D eigenvalue weighted by molar-refractivity contribution is 7.09. The fourth-order valence-corrected chi connectivity index (χ4v) is 2.63. The molecule has 1 aliphatic rings. The van der Waals surface area contributed by atoms with Crippen LogP contribution in [0.15, 0.2) is 22.5 Å². The molecule has 0 radical (unpaired) electrons. The van der Waals surface area contributed by atoms with Gasteiger partial charge in [-0.3, -0.25) is 4.99 Å². The molecular formula is C13H20N4S. The Bertz CT molecular complexity index is 428. The average Bonchev–Trinajstić information content (AvgIpc) is 3.05. The van der Waals surface area contributed by atoms with Gasteiger partial charge in [-0.25, -0.2) is 4.98 Å². The quantitative estimate of drug-likeness (QED) is 0.497. The van der Waals surface area contributed by atoms with Crippen LogP contribution in [0, 0.1) is 0 Å². The third-order valence-electron chi connectivity index (χ3n) is 2.91. The third-order valence-corrected chi connectivity index (χ3v) is 3.95. The molecule has 1 heterocycles. The van der Waals surface area contributed by atoms with Crippen molar-refractivity contribution in [3.05, 3.63) is 28.2 Å². The molecule has 0 fully saturated rings. The predicted octanol–water partition coefficient (Wildman–Crippen LogP) is 2.09. The molecule has 98 valence electrons. The summed E-state index contributed by atoms with van der Waals surface area (Å²) < 4.78 is 0. The van der Waals surface area contributed by atoms with E-state index >= 15 is 0 Å². The van der Waals surface area contributed by atoms with E-state index in [1.165, 1.54) is 5.01 Å². The van der Waals surface area contributed by atoms with Crippen LogP contribution >= 0.6 is 11.3 Å². The van der Waals surface area contributed by atoms with Crippen LogP contribution in [0.1, 0.15) is 30.5 Å². The molecule has 0 atom stereocenters. The van der Waals surface area contributed by atoms with Crippen molar-refractivity contribution in [3.63, 3.8) is 0 Å².